The molecule has 0 spiro atoms. The van der Waals surface area contributed by atoms with Crippen molar-refractivity contribution < 1.29 is 0 Å². The maximum Gasteiger partial charge on any atom is 0.0100 e. The summed E-state index contributed by atoms with van der Waals surface area (Å²) in [5, 5.41) is 0. The summed E-state index contributed by atoms with van der Waals surface area (Å²) in [6.07, 6.45) is 6.08. The zero-order valence-electron chi connectivity index (χ0n) is 9.84. The fraction of sp³-hybridized carbons (Fsp3) is 0.571. The van der Waals surface area contributed by atoms with Gasteiger partial charge in [0.05, 0.1) is 0 Å². The number of nitrogens with two attached hydrogens (primary N) is 1. The highest BCUT2D eigenvalue weighted by Gasteiger charge is 2.16. The van der Waals surface area contributed by atoms with Gasteiger partial charge < -0.3 is 5.73 Å². The normalized spacial score (nSPS) is 15.4. The SMILES string of the molecule is CC(C)(N)CCc1cccc2c1CCC2. The third-order valence-electron chi connectivity index (χ3n) is 3.28. The molecule has 0 unspecified atom stereocenters. The second kappa shape index (κ2) is 3.97. The first-order valence-electron chi connectivity index (χ1n) is 5.95. The Labute approximate surface area is 92.7 Å². The van der Waals surface area contributed by atoms with Crippen molar-refractivity contribution in [1.29, 1.82) is 0 Å². The van der Waals surface area contributed by atoms with Crippen molar-refractivity contribution in [3.05, 3.63) is 34.9 Å². The van der Waals surface area contributed by atoms with E-state index in [-0.39, 0.29) is 5.54 Å². The van der Waals surface area contributed by atoms with Gasteiger partial charge in [-0.1, -0.05) is 18.2 Å². The molecular weight excluding hydrogens is 182 g/mol. The molecule has 2 N–H and O–H groups in total. The first kappa shape index (κ1) is 10.7. The highest BCUT2D eigenvalue weighted by molar-refractivity contribution is 5.38. The van der Waals surface area contributed by atoms with E-state index in [4.69, 9.17) is 5.73 Å². The fourth-order valence-corrected chi connectivity index (χ4v) is 2.39. The Hall–Kier alpha value is -0.820. The zero-order valence-corrected chi connectivity index (χ0v) is 9.84. The molecule has 0 saturated heterocycles. The molecule has 0 heterocycles. The molecule has 0 amide bonds. The first-order chi connectivity index (χ1) is 7.06. The number of rotatable bonds is 3. The summed E-state index contributed by atoms with van der Waals surface area (Å²) in [5.74, 6) is 0. The molecule has 1 aromatic carbocycles. The van der Waals surface area contributed by atoms with Gasteiger partial charge in [0, 0.05) is 5.54 Å². The fourth-order valence-electron chi connectivity index (χ4n) is 2.39. The lowest BCUT2D eigenvalue weighted by Gasteiger charge is -2.19. The van der Waals surface area contributed by atoms with Crippen LogP contribution in [0.15, 0.2) is 18.2 Å². The van der Waals surface area contributed by atoms with E-state index < -0.39 is 0 Å². The van der Waals surface area contributed by atoms with Crippen molar-refractivity contribution in [3.8, 4) is 0 Å². The molecule has 1 nitrogen and oxygen atoms in total. The molecule has 1 aliphatic rings. The first-order valence-corrected chi connectivity index (χ1v) is 5.95. The van der Waals surface area contributed by atoms with E-state index >= 15 is 0 Å². The monoisotopic (exact) mass is 203 g/mol. The van der Waals surface area contributed by atoms with Crippen LogP contribution in [-0.4, -0.2) is 5.54 Å². The average molecular weight is 203 g/mol. The number of hydrogen-bond donors (Lipinski definition) is 1. The highest BCUT2D eigenvalue weighted by atomic mass is 14.7. The quantitative estimate of drug-likeness (QED) is 0.803. The van der Waals surface area contributed by atoms with Gasteiger partial charge in [-0.2, -0.15) is 0 Å². The van der Waals surface area contributed by atoms with Crippen molar-refractivity contribution in [3.63, 3.8) is 0 Å². The molecule has 0 aromatic heterocycles. The summed E-state index contributed by atoms with van der Waals surface area (Å²) >= 11 is 0. The predicted octanol–water partition coefficient (Wildman–Crippen LogP) is 2.85. The molecular formula is C14H21N. The lowest BCUT2D eigenvalue weighted by atomic mass is 9.93. The Morgan fingerprint density at radius 2 is 2.07 bits per heavy atom. The van der Waals surface area contributed by atoms with E-state index in [2.05, 4.69) is 32.0 Å². The van der Waals surface area contributed by atoms with Crippen LogP contribution >= 0.6 is 0 Å². The summed E-state index contributed by atoms with van der Waals surface area (Å²) in [6.45, 7) is 4.21. The van der Waals surface area contributed by atoms with Gasteiger partial charge in [-0.15, -0.1) is 0 Å². The molecule has 1 heteroatoms. The van der Waals surface area contributed by atoms with E-state index in [1.54, 1.807) is 11.1 Å². The van der Waals surface area contributed by atoms with Gasteiger partial charge >= 0.3 is 0 Å². The number of fused-ring (bicyclic) bond motifs is 1. The number of benzene rings is 1. The molecule has 15 heavy (non-hydrogen) atoms. The van der Waals surface area contributed by atoms with Crippen LogP contribution in [0.25, 0.3) is 0 Å². The maximum absolute atomic E-state index is 6.03. The van der Waals surface area contributed by atoms with Gasteiger partial charge in [0.2, 0.25) is 0 Å². The maximum atomic E-state index is 6.03. The summed E-state index contributed by atoms with van der Waals surface area (Å²) in [5.41, 5.74) is 10.7. The minimum Gasteiger partial charge on any atom is -0.326 e. The van der Waals surface area contributed by atoms with E-state index in [1.165, 1.54) is 24.8 Å². The summed E-state index contributed by atoms with van der Waals surface area (Å²) in [7, 11) is 0. The van der Waals surface area contributed by atoms with Crippen LogP contribution in [-0.2, 0) is 19.3 Å². The molecule has 1 aliphatic carbocycles. The van der Waals surface area contributed by atoms with Crippen LogP contribution in [0.1, 0.15) is 43.4 Å². The minimum atomic E-state index is -0.0403. The van der Waals surface area contributed by atoms with Crippen LogP contribution < -0.4 is 5.73 Å². The Balaban J connectivity index is 2.12. The molecule has 0 aliphatic heterocycles. The van der Waals surface area contributed by atoms with Crippen LogP contribution in [0.2, 0.25) is 0 Å². The topological polar surface area (TPSA) is 26.0 Å². The Kier molecular flexibility index (Phi) is 2.83. The number of hydrogen-bond acceptors (Lipinski definition) is 1. The van der Waals surface area contributed by atoms with Gasteiger partial charge in [0.15, 0.2) is 0 Å². The Morgan fingerprint density at radius 1 is 1.27 bits per heavy atom. The lowest BCUT2D eigenvalue weighted by molar-refractivity contribution is 0.476. The Morgan fingerprint density at radius 3 is 2.80 bits per heavy atom. The minimum absolute atomic E-state index is 0.0403. The Bertz CT molecular complexity index is 347. The smallest absolute Gasteiger partial charge is 0.0100 e. The summed E-state index contributed by atoms with van der Waals surface area (Å²) in [4.78, 5) is 0. The second-order valence-electron chi connectivity index (χ2n) is 5.40. The molecule has 2 rings (SSSR count). The van der Waals surface area contributed by atoms with Crippen LogP contribution in [0.5, 0.6) is 0 Å². The van der Waals surface area contributed by atoms with Gasteiger partial charge in [0.1, 0.15) is 0 Å². The van der Waals surface area contributed by atoms with Crippen molar-refractivity contribution in [2.75, 3.05) is 0 Å². The largest absolute Gasteiger partial charge is 0.326 e. The van der Waals surface area contributed by atoms with E-state index in [1.807, 2.05) is 0 Å². The molecule has 0 saturated carbocycles. The molecule has 0 bridgehead atoms. The van der Waals surface area contributed by atoms with Crippen LogP contribution in [0.4, 0.5) is 0 Å². The third kappa shape index (κ3) is 2.60. The van der Waals surface area contributed by atoms with Gasteiger partial charge in [0.25, 0.3) is 0 Å². The summed E-state index contributed by atoms with van der Waals surface area (Å²) in [6, 6.07) is 6.75. The zero-order chi connectivity index (χ0) is 10.9. The van der Waals surface area contributed by atoms with Crippen molar-refractivity contribution in [2.24, 2.45) is 5.73 Å². The van der Waals surface area contributed by atoms with Gasteiger partial charge in [-0.05, 0) is 62.6 Å². The number of aryl methyl sites for hydroxylation is 2. The molecule has 82 valence electrons. The molecule has 0 atom stereocenters. The van der Waals surface area contributed by atoms with Crippen molar-refractivity contribution in [2.45, 2.75) is 51.5 Å². The average Bonchev–Trinajstić information content (AvgIpc) is 2.61. The van der Waals surface area contributed by atoms with E-state index in [0.29, 0.717) is 0 Å². The standard InChI is InChI=1S/C14H21N/c1-14(2,15)10-9-12-6-3-5-11-7-4-8-13(11)12/h3,5-6H,4,7-10,15H2,1-2H3. The third-order valence-corrected chi connectivity index (χ3v) is 3.28. The summed E-state index contributed by atoms with van der Waals surface area (Å²) < 4.78 is 0. The highest BCUT2D eigenvalue weighted by Crippen LogP contribution is 2.26. The lowest BCUT2D eigenvalue weighted by Crippen LogP contribution is -2.32. The van der Waals surface area contributed by atoms with Gasteiger partial charge in [-0.3, -0.25) is 0 Å². The van der Waals surface area contributed by atoms with E-state index in [0.717, 1.165) is 12.8 Å². The van der Waals surface area contributed by atoms with Crippen molar-refractivity contribution in [1.82, 2.24) is 0 Å². The molecule has 1 aromatic rings. The van der Waals surface area contributed by atoms with Crippen molar-refractivity contribution >= 4 is 0 Å². The van der Waals surface area contributed by atoms with E-state index in [9.17, 15) is 0 Å². The molecule has 0 radical (unpaired) electrons. The second-order valence-corrected chi connectivity index (χ2v) is 5.40. The predicted molar refractivity (Wildman–Crippen MR) is 65.1 cm³/mol. The van der Waals surface area contributed by atoms with Crippen LogP contribution in [0.3, 0.4) is 0 Å². The van der Waals surface area contributed by atoms with Crippen LogP contribution in [0, 0.1) is 0 Å². The van der Waals surface area contributed by atoms with Gasteiger partial charge in [-0.25, -0.2) is 0 Å². The molecule has 0 fully saturated rings.